The smallest absolute Gasteiger partial charge is 0.406 e. The van der Waals surface area contributed by atoms with E-state index in [0.29, 0.717) is 37.9 Å². The summed E-state index contributed by atoms with van der Waals surface area (Å²) >= 11 is 0. The standard InChI is InChI=1S/C17H19F3N4O2/c18-17(19,20)26-14-3-1-13(2-4-14)5-7-21-15-6-8-22-16(23-15)24-9-11-25-12-10-24/h1-4,6,8H,5,7,9-12H2,(H,21,22,23). The Kier molecular flexibility index (Phi) is 5.77. The minimum absolute atomic E-state index is 0.222. The van der Waals surface area contributed by atoms with Crippen LogP contribution in [0.25, 0.3) is 0 Å². The minimum Gasteiger partial charge on any atom is -0.406 e. The van der Waals surface area contributed by atoms with E-state index in [1.807, 2.05) is 0 Å². The molecule has 140 valence electrons. The Bertz CT molecular complexity index is 704. The number of halogens is 3. The van der Waals surface area contributed by atoms with E-state index in [0.717, 1.165) is 18.7 Å². The number of ether oxygens (including phenoxy) is 2. The molecule has 0 saturated carbocycles. The fourth-order valence-electron chi connectivity index (χ4n) is 2.56. The molecular formula is C17H19F3N4O2. The molecule has 0 amide bonds. The van der Waals surface area contributed by atoms with Gasteiger partial charge in [0.1, 0.15) is 11.6 Å². The van der Waals surface area contributed by atoms with E-state index in [1.165, 1.54) is 12.1 Å². The highest BCUT2D eigenvalue weighted by molar-refractivity contribution is 5.41. The summed E-state index contributed by atoms with van der Waals surface area (Å²) in [7, 11) is 0. The lowest BCUT2D eigenvalue weighted by Crippen LogP contribution is -2.37. The molecule has 0 spiro atoms. The third-order valence-electron chi connectivity index (χ3n) is 3.81. The Hall–Kier alpha value is -2.55. The van der Waals surface area contributed by atoms with Crippen LogP contribution in [-0.4, -0.2) is 49.2 Å². The first-order valence-electron chi connectivity index (χ1n) is 8.24. The summed E-state index contributed by atoms with van der Waals surface area (Å²) in [5, 5.41) is 3.21. The zero-order chi connectivity index (χ0) is 18.4. The number of benzene rings is 1. The summed E-state index contributed by atoms with van der Waals surface area (Å²) < 4.78 is 45.6. The third kappa shape index (κ3) is 5.48. The van der Waals surface area contributed by atoms with Gasteiger partial charge in [-0.25, -0.2) is 4.98 Å². The van der Waals surface area contributed by atoms with E-state index in [9.17, 15) is 13.2 Å². The topological polar surface area (TPSA) is 59.5 Å². The zero-order valence-electron chi connectivity index (χ0n) is 14.0. The average molecular weight is 368 g/mol. The molecule has 1 fully saturated rings. The second-order valence-corrected chi connectivity index (χ2v) is 5.71. The maximum atomic E-state index is 12.1. The van der Waals surface area contributed by atoms with Crippen molar-refractivity contribution in [3.05, 3.63) is 42.1 Å². The summed E-state index contributed by atoms with van der Waals surface area (Å²) in [6, 6.07) is 7.63. The molecule has 2 heterocycles. The van der Waals surface area contributed by atoms with Crippen LogP contribution in [0.2, 0.25) is 0 Å². The molecular weight excluding hydrogens is 349 g/mol. The average Bonchev–Trinajstić information content (AvgIpc) is 2.63. The Morgan fingerprint density at radius 2 is 1.85 bits per heavy atom. The van der Waals surface area contributed by atoms with Gasteiger partial charge in [-0.2, -0.15) is 4.98 Å². The second-order valence-electron chi connectivity index (χ2n) is 5.71. The molecule has 0 unspecified atom stereocenters. The molecule has 1 N–H and O–H groups in total. The van der Waals surface area contributed by atoms with E-state index in [4.69, 9.17) is 4.74 Å². The van der Waals surface area contributed by atoms with Crippen LogP contribution in [0.15, 0.2) is 36.5 Å². The van der Waals surface area contributed by atoms with Gasteiger partial charge in [0.15, 0.2) is 0 Å². The van der Waals surface area contributed by atoms with Crippen LogP contribution < -0.4 is 15.0 Å². The number of hydrogen-bond donors (Lipinski definition) is 1. The predicted octanol–water partition coefficient (Wildman–Crippen LogP) is 2.87. The summed E-state index contributed by atoms with van der Waals surface area (Å²) in [6.45, 7) is 3.44. The van der Waals surface area contributed by atoms with Crippen molar-refractivity contribution in [2.24, 2.45) is 0 Å². The molecule has 1 aliphatic rings. The highest BCUT2D eigenvalue weighted by Crippen LogP contribution is 2.22. The van der Waals surface area contributed by atoms with Crippen LogP contribution in [0.1, 0.15) is 5.56 Å². The van der Waals surface area contributed by atoms with Gasteiger partial charge in [0.25, 0.3) is 0 Å². The lowest BCUT2D eigenvalue weighted by atomic mass is 10.1. The Balaban J connectivity index is 1.50. The van der Waals surface area contributed by atoms with Crippen molar-refractivity contribution < 1.29 is 22.6 Å². The maximum Gasteiger partial charge on any atom is 0.573 e. The van der Waals surface area contributed by atoms with Crippen LogP contribution in [0.3, 0.4) is 0 Å². The van der Waals surface area contributed by atoms with Crippen molar-refractivity contribution in [2.75, 3.05) is 43.1 Å². The summed E-state index contributed by atoms with van der Waals surface area (Å²) in [5.41, 5.74) is 0.898. The van der Waals surface area contributed by atoms with Gasteiger partial charge in [0, 0.05) is 25.8 Å². The number of aromatic nitrogens is 2. The van der Waals surface area contributed by atoms with Crippen LogP contribution >= 0.6 is 0 Å². The van der Waals surface area contributed by atoms with Gasteiger partial charge in [0.05, 0.1) is 13.2 Å². The first-order chi connectivity index (χ1) is 12.5. The first-order valence-corrected chi connectivity index (χ1v) is 8.24. The van der Waals surface area contributed by atoms with Crippen molar-refractivity contribution in [1.82, 2.24) is 9.97 Å². The van der Waals surface area contributed by atoms with E-state index in [-0.39, 0.29) is 5.75 Å². The van der Waals surface area contributed by atoms with Gasteiger partial charge in [0.2, 0.25) is 5.95 Å². The van der Waals surface area contributed by atoms with Gasteiger partial charge >= 0.3 is 6.36 Å². The monoisotopic (exact) mass is 368 g/mol. The van der Waals surface area contributed by atoms with E-state index >= 15 is 0 Å². The summed E-state index contributed by atoms with van der Waals surface area (Å²) in [6.07, 6.45) is -2.33. The van der Waals surface area contributed by atoms with Gasteiger partial charge in [-0.1, -0.05) is 12.1 Å². The van der Waals surface area contributed by atoms with Crippen LogP contribution in [-0.2, 0) is 11.2 Å². The van der Waals surface area contributed by atoms with Gasteiger partial charge < -0.3 is 19.7 Å². The fraction of sp³-hybridized carbons (Fsp3) is 0.412. The molecule has 1 aromatic heterocycles. The molecule has 1 saturated heterocycles. The number of nitrogens with one attached hydrogen (secondary N) is 1. The highest BCUT2D eigenvalue weighted by Gasteiger charge is 2.30. The fourth-order valence-corrected chi connectivity index (χ4v) is 2.56. The molecule has 0 aliphatic carbocycles. The zero-order valence-corrected chi connectivity index (χ0v) is 14.0. The van der Waals surface area contributed by atoms with Crippen molar-refractivity contribution in [1.29, 1.82) is 0 Å². The van der Waals surface area contributed by atoms with Crippen molar-refractivity contribution in [2.45, 2.75) is 12.8 Å². The molecule has 1 aliphatic heterocycles. The number of nitrogens with zero attached hydrogens (tertiary/aromatic N) is 3. The van der Waals surface area contributed by atoms with E-state index < -0.39 is 6.36 Å². The first kappa shape index (κ1) is 18.2. The molecule has 2 aromatic rings. The van der Waals surface area contributed by atoms with E-state index in [1.54, 1.807) is 24.4 Å². The molecule has 1 aromatic carbocycles. The van der Waals surface area contributed by atoms with Gasteiger partial charge in [-0.15, -0.1) is 13.2 Å². The SMILES string of the molecule is FC(F)(F)Oc1ccc(CCNc2ccnc(N3CCOCC3)n2)cc1. The molecule has 26 heavy (non-hydrogen) atoms. The molecule has 0 bridgehead atoms. The lowest BCUT2D eigenvalue weighted by Gasteiger charge is -2.26. The van der Waals surface area contributed by atoms with E-state index in [2.05, 4.69) is 24.9 Å². The van der Waals surface area contributed by atoms with Gasteiger partial charge in [-0.3, -0.25) is 0 Å². The van der Waals surface area contributed by atoms with Crippen molar-refractivity contribution >= 4 is 11.8 Å². The molecule has 6 nitrogen and oxygen atoms in total. The van der Waals surface area contributed by atoms with Crippen molar-refractivity contribution in [3.63, 3.8) is 0 Å². The lowest BCUT2D eigenvalue weighted by molar-refractivity contribution is -0.274. The highest BCUT2D eigenvalue weighted by atomic mass is 19.4. The number of hydrogen-bond acceptors (Lipinski definition) is 6. The third-order valence-corrected chi connectivity index (χ3v) is 3.81. The Morgan fingerprint density at radius 1 is 1.12 bits per heavy atom. The largest absolute Gasteiger partial charge is 0.573 e. The summed E-state index contributed by atoms with van der Waals surface area (Å²) in [4.78, 5) is 10.8. The summed E-state index contributed by atoms with van der Waals surface area (Å²) in [5.74, 6) is 1.14. The molecule has 9 heteroatoms. The normalized spacial score (nSPS) is 15.0. The number of rotatable bonds is 6. The van der Waals surface area contributed by atoms with Crippen LogP contribution in [0.5, 0.6) is 5.75 Å². The minimum atomic E-state index is -4.67. The quantitative estimate of drug-likeness (QED) is 0.846. The second kappa shape index (κ2) is 8.22. The van der Waals surface area contributed by atoms with Crippen LogP contribution in [0.4, 0.5) is 24.9 Å². The number of morpholine rings is 1. The molecule has 3 rings (SSSR count). The number of anilines is 2. The predicted molar refractivity (Wildman–Crippen MR) is 90.4 cm³/mol. The molecule has 0 radical (unpaired) electrons. The van der Waals surface area contributed by atoms with Crippen molar-refractivity contribution in [3.8, 4) is 5.75 Å². The maximum absolute atomic E-state index is 12.1. The Morgan fingerprint density at radius 3 is 2.54 bits per heavy atom. The number of alkyl halides is 3. The van der Waals surface area contributed by atoms with Gasteiger partial charge in [-0.05, 0) is 30.2 Å². The van der Waals surface area contributed by atoms with Crippen LogP contribution in [0, 0.1) is 0 Å². The Labute approximate surface area is 149 Å². The molecule has 0 atom stereocenters.